The number of fused-ring (bicyclic) bond motifs is 2. The highest BCUT2D eigenvalue weighted by molar-refractivity contribution is 7.86. The Bertz CT molecular complexity index is 874. The summed E-state index contributed by atoms with van der Waals surface area (Å²) >= 11 is 0. The van der Waals surface area contributed by atoms with Gasteiger partial charge in [-0.05, 0) is 53.9 Å². The standard InChI is InChI=1S/C22H26O4S/c1-27(24,25)26-20-12-6-11-19(22(20)23)21-17-9-4-2-7-15(17)13-14-16-8-3-5-10-18(16)21/h2-5,7-10,19-23H,6,11-14H2,1H3/t19?,20-,22+/m0/s1. The molecule has 1 saturated carbocycles. The van der Waals surface area contributed by atoms with Gasteiger partial charge in [0.15, 0.2) is 0 Å². The van der Waals surface area contributed by atoms with Gasteiger partial charge in [-0.1, -0.05) is 55.0 Å². The Balaban J connectivity index is 1.78. The van der Waals surface area contributed by atoms with Gasteiger partial charge in [-0.2, -0.15) is 8.42 Å². The van der Waals surface area contributed by atoms with E-state index in [2.05, 4.69) is 48.5 Å². The van der Waals surface area contributed by atoms with Crippen LogP contribution in [-0.4, -0.2) is 32.0 Å². The average molecular weight is 387 g/mol. The van der Waals surface area contributed by atoms with E-state index < -0.39 is 22.3 Å². The molecule has 4 rings (SSSR count). The molecule has 2 aromatic carbocycles. The molecule has 0 spiro atoms. The van der Waals surface area contributed by atoms with E-state index in [1.807, 2.05) is 0 Å². The van der Waals surface area contributed by atoms with Crippen molar-refractivity contribution in [2.45, 2.75) is 50.2 Å². The molecule has 3 atom stereocenters. The first-order chi connectivity index (χ1) is 12.9. The molecular weight excluding hydrogens is 360 g/mol. The zero-order chi connectivity index (χ0) is 19.0. The van der Waals surface area contributed by atoms with Crippen molar-refractivity contribution in [2.24, 2.45) is 5.92 Å². The van der Waals surface area contributed by atoms with E-state index in [0.717, 1.165) is 31.9 Å². The molecule has 0 saturated heterocycles. The summed E-state index contributed by atoms with van der Waals surface area (Å²) in [5.41, 5.74) is 5.15. The monoisotopic (exact) mass is 386 g/mol. The second-order valence-electron chi connectivity index (χ2n) is 7.80. The van der Waals surface area contributed by atoms with Crippen LogP contribution >= 0.6 is 0 Å². The predicted molar refractivity (Wildman–Crippen MR) is 105 cm³/mol. The van der Waals surface area contributed by atoms with Crippen molar-refractivity contribution in [1.82, 2.24) is 0 Å². The lowest BCUT2D eigenvalue weighted by molar-refractivity contribution is -0.0328. The summed E-state index contributed by atoms with van der Waals surface area (Å²) in [5, 5.41) is 11.1. The van der Waals surface area contributed by atoms with E-state index in [0.29, 0.717) is 6.42 Å². The van der Waals surface area contributed by atoms with Crippen molar-refractivity contribution in [3.05, 3.63) is 70.8 Å². The van der Waals surface area contributed by atoms with Crippen LogP contribution < -0.4 is 0 Å². The van der Waals surface area contributed by atoms with E-state index in [9.17, 15) is 13.5 Å². The van der Waals surface area contributed by atoms with Gasteiger partial charge in [-0.15, -0.1) is 0 Å². The van der Waals surface area contributed by atoms with E-state index in [1.54, 1.807) is 0 Å². The third-order valence-electron chi connectivity index (χ3n) is 6.02. The van der Waals surface area contributed by atoms with Crippen LogP contribution in [0, 0.1) is 5.92 Å². The Morgan fingerprint density at radius 1 is 0.926 bits per heavy atom. The van der Waals surface area contributed by atoms with Crippen molar-refractivity contribution in [2.75, 3.05) is 6.26 Å². The van der Waals surface area contributed by atoms with Gasteiger partial charge in [-0.25, -0.2) is 0 Å². The summed E-state index contributed by atoms with van der Waals surface area (Å²) in [4.78, 5) is 0. The SMILES string of the molecule is CS(=O)(=O)O[C@H]1CCCC(C2c3ccccc3CCc3ccccc32)[C@H]1O. The molecule has 2 aliphatic carbocycles. The number of hydrogen-bond donors (Lipinski definition) is 1. The molecule has 1 unspecified atom stereocenters. The zero-order valence-corrected chi connectivity index (χ0v) is 16.4. The normalized spacial score (nSPS) is 26.1. The summed E-state index contributed by atoms with van der Waals surface area (Å²) in [6.07, 6.45) is 3.83. The Morgan fingerprint density at radius 2 is 1.48 bits per heavy atom. The van der Waals surface area contributed by atoms with Crippen LogP contribution in [0.1, 0.15) is 47.4 Å². The number of aliphatic hydroxyl groups is 1. The molecule has 1 N–H and O–H groups in total. The summed E-state index contributed by atoms with van der Waals surface area (Å²) < 4.78 is 28.5. The number of rotatable bonds is 3. The number of aryl methyl sites for hydroxylation is 2. The van der Waals surface area contributed by atoms with Crippen LogP contribution in [0.15, 0.2) is 48.5 Å². The number of benzene rings is 2. The van der Waals surface area contributed by atoms with Crippen molar-refractivity contribution >= 4 is 10.1 Å². The number of hydrogen-bond acceptors (Lipinski definition) is 4. The molecule has 0 radical (unpaired) electrons. The van der Waals surface area contributed by atoms with Gasteiger partial charge in [0.2, 0.25) is 0 Å². The lowest BCUT2D eigenvalue weighted by atomic mass is 9.70. The van der Waals surface area contributed by atoms with Crippen molar-refractivity contribution in [3.63, 3.8) is 0 Å². The second kappa shape index (κ2) is 7.38. The molecule has 0 heterocycles. The number of aliphatic hydroxyl groups excluding tert-OH is 1. The summed E-state index contributed by atoms with van der Waals surface area (Å²) in [6.45, 7) is 0. The minimum Gasteiger partial charge on any atom is -0.390 e. The zero-order valence-electron chi connectivity index (χ0n) is 15.5. The van der Waals surface area contributed by atoms with Gasteiger partial charge in [0.25, 0.3) is 10.1 Å². The first-order valence-electron chi connectivity index (χ1n) is 9.66. The topological polar surface area (TPSA) is 63.6 Å². The second-order valence-corrected chi connectivity index (χ2v) is 9.40. The maximum Gasteiger partial charge on any atom is 0.264 e. The highest BCUT2D eigenvalue weighted by Gasteiger charge is 2.41. The maximum atomic E-state index is 11.6. The molecular formula is C22H26O4S. The quantitative estimate of drug-likeness (QED) is 0.821. The van der Waals surface area contributed by atoms with Crippen molar-refractivity contribution in [1.29, 1.82) is 0 Å². The van der Waals surface area contributed by atoms with Gasteiger partial charge in [0.05, 0.1) is 12.4 Å². The Kier molecular flexibility index (Phi) is 5.10. The fraction of sp³-hybridized carbons (Fsp3) is 0.455. The molecule has 2 aromatic rings. The summed E-state index contributed by atoms with van der Waals surface area (Å²) in [6, 6.07) is 16.9. The van der Waals surface area contributed by atoms with E-state index in [4.69, 9.17) is 4.18 Å². The average Bonchev–Trinajstić information content (AvgIpc) is 2.80. The summed E-state index contributed by atoms with van der Waals surface area (Å²) in [5.74, 6) is -0.00763. The van der Waals surface area contributed by atoms with Gasteiger partial charge in [-0.3, -0.25) is 4.18 Å². The lowest BCUT2D eigenvalue weighted by Crippen LogP contribution is -2.43. The Labute approximate surface area is 161 Å². The van der Waals surface area contributed by atoms with Gasteiger partial charge < -0.3 is 5.11 Å². The van der Waals surface area contributed by atoms with Crippen LogP contribution in [0.5, 0.6) is 0 Å². The first-order valence-corrected chi connectivity index (χ1v) is 11.5. The third-order valence-corrected chi connectivity index (χ3v) is 6.61. The minimum atomic E-state index is -3.60. The van der Waals surface area contributed by atoms with Crippen LogP contribution in [0.2, 0.25) is 0 Å². The molecule has 2 aliphatic rings. The molecule has 0 aromatic heterocycles. The molecule has 1 fully saturated rings. The highest BCUT2D eigenvalue weighted by atomic mass is 32.2. The highest BCUT2D eigenvalue weighted by Crippen LogP contribution is 2.45. The van der Waals surface area contributed by atoms with Crippen LogP contribution in [-0.2, 0) is 27.1 Å². The van der Waals surface area contributed by atoms with Gasteiger partial charge >= 0.3 is 0 Å². The molecule has 27 heavy (non-hydrogen) atoms. The van der Waals surface area contributed by atoms with Crippen LogP contribution in [0.3, 0.4) is 0 Å². The predicted octanol–water partition coefficient (Wildman–Crippen LogP) is 3.42. The van der Waals surface area contributed by atoms with Crippen molar-refractivity contribution in [3.8, 4) is 0 Å². The van der Waals surface area contributed by atoms with Crippen LogP contribution in [0.25, 0.3) is 0 Å². The Morgan fingerprint density at radius 3 is 2.04 bits per heavy atom. The van der Waals surface area contributed by atoms with Crippen LogP contribution in [0.4, 0.5) is 0 Å². The molecule has 4 nitrogen and oxygen atoms in total. The van der Waals surface area contributed by atoms with Gasteiger partial charge in [0, 0.05) is 5.92 Å². The molecule has 0 amide bonds. The summed E-state index contributed by atoms with van der Waals surface area (Å²) in [7, 11) is -3.60. The molecule has 5 heteroatoms. The largest absolute Gasteiger partial charge is 0.390 e. The molecule has 0 bridgehead atoms. The molecule has 0 aliphatic heterocycles. The Hall–Kier alpha value is -1.69. The lowest BCUT2D eigenvalue weighted by Gasteiger charge is -2.39. The van der Waals surface area contributed by atoms with E-state index in [1.165, 1.54) is 22.3 Å². The molecule has 144 valence electrons. The third kappa shape index (κ3) is 3.82. The van der Waals surface area contributed by atoms with E-state index >= 15 is 0 Å². The smallest absolute Gasteiger partial charge is 0.264 e. The first kappa shape index (κ1) is 18.7. The van der Waals surface area contributed by atoms with Gasteiger partial charge in [0.1, 0.15) is 6.10 Å². The van der Waals surface area contributed by atoms with E-state index in [-0.39, 0.29) is 11.8 Å². The minimum absolute atomic E-state index is 0.0564. The fourth-order valence-electron chi connectivity index (χ4n) is 4.89. The maximum absolute atomic E-state index is 11.6. The van der Waals surface area contributed by atoms with Crippen molar-refractivity contribution < 1.29 is 17.7 Å². The fourth-order valence-corrected chi connectivity index (χ4v) is 5.55.